The molecule has 96 valence electrons. The summed E-state index contributed by atoms with van der Waals surface area (Å²) in [5.41, 5.74) is 1.40. The Kier molecular flexibility index (Phi) is 2.87. The van der Waals surface area contributed by atoms with Crippen LogP contribution in [0.4, 0.5) is 5.82 Å². The van der Waals surface area contributed by atoms with Gasteiger partial charge in [0.15, 0.2) is 0 Å². The van der Waals surface area contributed by atoms with Crippen LogP contribution in [0.1, 0.15) is 18.5 Å². The Labute approximate surface area is 105 Å². The van der Waals surface area contributed by atoms with E-state index in [2.05, 4.69) is 25.3 Å². The van der Waals surface area contributed by atoms with Gasteiger partial charge in [-0.3, -0.25) is 0 Å². The van der Waals surface area contributed by atoms with Crippen LogP contribution in [0.5, 0.6) is 0 Å². The SMILES string of the molecule is Cc1noc2ncnc(N(C)CC3CCCN3)c12. The molecular formula is C12H17N5O. The summed E-state index contributed by atoms with van der Waals surface area (Å²) in [6.07, 6.45) is 4.01. The Balaban J connectivity index is 1.90. The number of hydrogen-bond donors (Lipinski definition) is 1. The zero-order chi connectivity index (χ0) is 12.5. The predicted molar refractivity (Wildman–Crippen MR) is 68.6 cm³/mol. The smallest absolute Gasteiger partial charge is 0.263 e. The van der Waals surface area contributed by atoms with E-state index in [1.165, 1.54) is 19.2 Å². The first-order chi connectivity index (χ1) is 8.75. The highest BCUT2D eigenvalue weighted by Gasteiger charge is 2.20. The number of aromatic nitrogens is 3. The molecule has 1 aliphatic rings. The molecule has 0 spiro atoms. The van der Waals surface area contributed by atoms with Gasteiger partial charge in [0.2, 0.25) is 0 Å². The van der Waals surface area contributed by atoms with Gasteiger partial charge in [0.05, 0.1) is 5.69 Å². The number of likely N-dealkylation sites (N-methyl/N-ethyl adjacent to an activating group) is 1. The summed E-state index contributed by atoms with van der Waals surface area (Å²) in [5.74, 6) is 0.896. The van der Waals surface area contributed by atoms with Crippen LogP contribution in [-0.4, -0.2) is 41.3 Å². The number of aryl methyl sites for hydroxylation is 1. The zero-order valence-corrected chi connectivity index (χ0v) is 10.7. The molecule has 3 rings (SSSR count). The number of nitrogens with one attached hydrogen (secondary N) is 1. The van der Waals surface area contributed by atoms with Crippen LogP contribution in [-0.2, 0) is 0 Å². The second kappa shape index (κ2) is 4.53. The number of rotatable bonds is 3. The van der Waals surface area contributed by atoms with Crippen LogP contribution in [0.15, 0.2) is 10.9 Å². The molecule has 6 nitrogen and oxygen atoms in total. The van der Waals surface area contributed by atoms with Gasteiger partial charge in [0, 0.05) is 19.6 Å². The molecular weight excluding hydrogens is 230 g/mol. The molecule has 1 atom stereocenters. The Morgan fingerprint density at radius 3 is 3.17 bits per heavy atom. The molecule has 1 unspecified atom stereocenters. The van der Waals surface area contributed by atoms with E-state index in [4.69, 9.17) is 4.52 Å². The Morgan fingerprint density at radius 1 is 1.50 bits per heavy atom. The van der Waals surface area contributed by atoms with Gasteiger partial charge < -0.3 is 14.7 Å². The second-order valence-electron chi connectivity index (χ2n) is 4.82. The minimum absolute atomic E-state index is 0.542. The molecule has 0 amide bonds. The third-order valence-electron chi connectivity index (χ3n) is 3.44. The van der Waals surface area contributed by atoms with Gasteiger partial charge in [-0.05, 0) is 26.3 Å². The molecule has 0 aliphatic carbocycles. The highest BCUT2D eigenvalue weighted by Crippen LogP contribution is 2.25. The Bertz CT molecular complexity index is 546. The molecule has 0 saturated carbocycles. The lowest BCUT2D eigenvalue weighted by molar-refractivity contribution is 0.442. The fraction of sp³-hybridized carbons (Fsp3) is 0.583. The van der Waals surface area contributed by atoms with E-state index < -0.39 is 0 Å². The third-order valence-corrected chi connectivity index (χ3v) is 3.44. The first kappa shape index (κ1) is 11.4. The molecule has 1 N–H and O–H groups in total. The fourth-order valence-corrected chi connectivity index (χ4v) is 2.52. The quantitative estimate of drug-likeness (QED) is 0.876. The van der Waals surface area contributed by atoms with E-state index >= 15 is 0 Å². The van der Waals surface area contributed by atoms with E-state index in [0.717, 1.165) is 30.0 Å². The van der Waals surface area contributed by atoms with E-state index in [1.54, 1.807) is 0 Å². The van der Waals surface area contributed by atoms with Gasteiger partial charge in [0.1, 0.15) is 17.5 Å². The third kappa shape index (κ3) is 1.92. The van der Waals surface area contributed by atoms with Crippen LogP contribution < -0.4 is 10.2 Å². The fourth-order valence-electron chi connectivity index (χ4n) is 2.52. The van der Waals surface area contributed by atoms with Crippen molar-refractivity contribution in [1.82, 2.24) is 20.4 Å². The summed E-state index contributed by atoms with van der Waals surface area (Å²) in [6, 6.07) is 0.542. The summed E-state index contributed by atoms with van der Waals surface area (Å²) in [6.45, 7) is 3.97. The summed E-state index contributed by atoms with van der Waals surface area (Å²) in [5, 5.41) is 8.36. The Morgan fingerprint density at radius 2 is 2.39 bits per heavy atom. The van der Waals surface area contributed by atoms with Crippen molar-refractivity contribution in [3.05, 3.63) is 12.0 Å². The molecule has 0 aromatic carbocycles. The van der Waals surface area contributed by atoms with Crippen molar-refractivity contribution in [2.75, 3.05) is 25.0 Å². The van der Waals surface area contributed by atoms with Crippen LogP contribution >= 0.6 is 0 Å². The van der Waals surface area contributed by atoms with Crippen LogP contribution in [0, 0.1) is 6.92 Å². The molecule has 6 heteroatoms. The lowest BCUT2D eigenvalue weighted by Gasteiger charge is -2.22. The normalized spacial score (nSPS) is 19.6. The minimum atomic E-state index is 0.542. The first-order valence-corrected chi connectivity index (χ1v) is 6.27. The maximum atomic E-state index is 5.17. The van der Waals surface area contributed by atoms with Crippen molar-refractivity contribution >= 4 is 16.9 Å². The molecule has 1 fully saturated rings. The monoisotopic (exact) mass is 247 g/mol. The van der Waals surface area contributed by atoms with E-state index in [9.17, 15) is 0 Å². The summed E-state index contributed by atoms with van der Waals surface area (Å²) in [4.78, 5) is 10.6. The number of hydrogen-bond acceptors (Lipinski definition) is 6. The molecule has 18 heavy (non-hydrogen) atoms. The molecule has 3 heterocycles. The number of fused-ring (bicyclic) bond motifs is 1. The van der Waals surface area contributed by atoms with Gasteiger partial charge >= 0.3 is 0 Å². The maximum Gasteiger partial charge on any atom is 0.263 e. The average molecular weight is 247 g/mol. The van der Waals surface area contributed by atoms with Gasteiger partial charge in [-0.15, -0.1) is 0 Å². The highest BCUT2D eigenvalue weighted by atomic mass is 16.5. The molecule has 0 bridgehead atoms. The summed E-state index contributed by atoms with van der Waals surface area (Å²) < 4.78 is 5.17. The first-order valence-electron chi connectivity index (χ1n) is 6.27. The second-order valence-corrected chi connectivity index (χ2v) is 4.82. The predicted octanol–water partition coefficient (Wildman–Crippen LogP) is 1.11. The topological polar surface area (TPSA) is 67.1 Å². The van der Waals surface area contributed by atoms with Crippen LogP contribution in [0.2, 0.25) is 0 Å². The lowest BCUT2D eigenvalue weighted by atomic mass is 10.2. The molecule has 2 aromatic rings. The van der Waals surface area contributed by atoms with Crippen molar-refractivity contribution in [2.24, 2.45) is 0 Å². The van der Waals surface area contributed by atoms with Gasteiger partial charge in [0.25, 0.3) is 5.71 Å². The molecule has 0 radical (unpaired) electrons. The standard InChI is InChI=1S/C12H17N5O/c1-8-10-11(14-7-15-12(10)18-16-8)17(2)6-9-4-3-5-13-9/h7,9,13H,3-6H2,1-2H3. The number of anilines is 1. The van der Waals surface area contributed by atoms with Crippen molar-refractivity contribution < 1.29 is 4.52 Å². The molecule has 1 saturated heterocycles. The zero-order valence-electron chi connectivity index (χ0n) is 10.7. The van der Waals surface area contributed by atoms with Gasteiger partial charge in [-0.1, -0.05) is 5.16 Å². The van der Waals surface area contributed by atoms with E-state index in [1.807, 2.05) is 14.0 Å². The minimum Gasteiger partial charge on any atom is -0.357 e. The van der Waals surface area contributed by atoms with E-state index in [0.29, 0.717) is 11.8 Å². The van der Waals surface area contributed by atoms with Crippen molar-refractivity contribution in [3.63, 3.8) is 0 Å². The maximum absolute atomic E-state index is 5.17. The van der Waals surface area contributed by atoms with Crippen molar-refractivity contribution in [2.45, 2.75) is 25.8 Å². The highest BCUT2D eigenvalue weighted by molar-refractivity contribution is 5.87. The van der Waals surface area contributed by atoms with E-state index in [-0.39, 0.29) is 0 Å². The van der Waals surface area contributed by atoms with Crippen LogP contribution in [0.25, 0.3) is 11.1 Å². The van der Waals surface area contributed by atoms with Gasteiger partial charge in [-0.2, -0.15) is 4.98 Å². The number of nitrogens with zero attached hydrogens (tertiary/aromatic N) is 4. The van der Waals surface area contributed by atoms with Crippen LogP contribution in [0.3, 0.4) is 0 Å². The van der Waals surface area contributed by atoms with Crippen molar-refractivity contribution in [3.8, 4) is 0 Å². The molecule has 2 aromatic heterocycles. The average Bonchev–Trinajstić information content (AvgIpc) is 2.99. The Hall–Kier alpha value is -1.69. The molecule has 1 aliphatic heterocycles. The van der Waals surface area contributed by atoms with Gasteiger partial charge in [-0.25, -0.2) is 4.98 Å². The van der Waals surface area contributed by atoms with Crippen molar-refractivity contribution in [1.29, 1.82) is 0 Å². The lowest BCUT2D eigenvalue weighted by Crippen LogP contribution is -2.35. The summed E-state index contributed by atoms with van der Waals surface area (Å²) >= 11 is 0. The summed E-state index contributed by atoms with van der Waals surface area (Å²) in [7, 11) is 2.05. The largest absolute Gasteiger partial charge is 0.357 e.